The van der Waals surface area contributed by atoms with E-state index in [0.717, 1.165) is 12.1 Å². The molecule has 3 nitrogen and oxygen atoms in total. The van der Waals surface area contributed by atoms with Crippen molar-refractivity contribution in [2.75, 3.05) is 6.61 Å². The Morgan fingerprint density at radius 1 is 1.29 bits per heavy atom. The number of hydrogen-bond acceptors (Lipinski definition) is 2. The lowest BCUT2D eigenvalue weighted by molar-refractivity contribution is -0.153. The number of fused-ring (bicyclic) bond motifs is 1. The highest BCUT2D eigenvalue weighted by Crippen LogP contribution is 2.32. The highest BCUT2D eigenvalue weighted by atomic mass is 19.4. The maximum absolute atomic E-state index is 13.4. The molecule has 0 spiro atoms. The van der Waals surface area contributed by atoms with E-state index in [-0.39, 0.29) is 28.1 Å². The summed E-state index contributed by atoms with van der Waals surface area (Å²) in [5.41, 5.74) is -0.249. The van der Waals surface area contributed by atoms with Gasteiger partial charge in [0.2, 0.25) is 0 Å². The van der Waals surface area contributed by atoms with Gasteiger partial charge in [-0.3, -0.25) is 4.79 Å². The Bertz CT molecular complexity index is 719. The molecule has 2 rings (SSSR count). The number of hydrogen-bond donors (Lipinski definition) is 1. The summed E-state index contributed by atoms with van der Waals surface area (Å²) >= 11 is 0. The van der Waals surface area contributed by atoms with Crippen molar-refractivity contribution in [1.29, 1.82) is 0 Å². The molecule has 0 radical (unpaired) electrons. The molecular formula is C14H13F4NO2. The number of halogens is 4. The molecule has 0 bridgehead atoms. The van der Waals surface area contributed by atoms with Crippen molar-refractivity contribution in [3.8, 4) is 5.75 Å². The summed E-state index contributed by atoms with van der Waals surface area (Å²) in [7, 11) is 0. The van der Waals surface area contributed by atoms with E-state index in [1.54, 1.807) is 13.8 Å². The van der Waals surface area contributed by atoms with E-state index in [0.29, 0.717) is 0 Å². The summed E-state index contributed by atoms with van der Waals surface area (Å²) in [4.78, 5) is 14.5. The number of alkyl halides is 3. The summed E-state index contributed by atoms with van der Waals surface area (Å²) < 4.78 is 55.3. The monoisotopic (exact) mass is 303 g/mol. The molecule has 0 saturated heterocycles. The molecule has 114 valence electrons. The molecule has 1 heterocycles. The summed E-state index contributed by atoms with van der Waals surface area (Å²) in [5.74, 6) is -1.22. The number of rotatable bonds is 3. The Balaban J connectivity index is 2.68. The first-order valence-electron chi connectivity index (χ1n) is 6.24. The van der Waals surface area contributed by atoms with Gasteiger partial charge >= 0.3 is 6.18 Å². The molecule has 2 aromatic rings. The molecule has 0 aliphatic carbocycles. The van der Waals surface area contributed by atoms with Crippen molar-refractivity contribution in [3.63, 3.8) is 0 Å². The number of aromatic nitrogens is 1. The molecule has 1 N–H and O–H groups in total. The fourth-order valence-electron chi connectivity index (χ4n) is 2.09. The molecule has 0 fully saturated rings. The van der Waals surface area contributed by atoms with Crippen molar-refractivity contribution < 1.29 is 22.3 Å². The minimum absolute atomic E-state index is 0.0670. The number of aromatic amines is 1. The largest absolute Gasteiger partial charge is 0.483 e. The lowest BCUT2D eigenvalue weighted by atomic mass is 10.0. The second kappa shape index (κ2) is 5.38. The number of pyridine rings is 1. The number of H-pyrrole nitrogens is 1. The molecule has 1 aromatic heterocycles. The van der Waals surface area contributed by atoms with Crippen LogP contribution in [0.25, 0.3) is 10.9 Å². The van der Waals surface area contributed by atoms with E-state index >= 15 is 0 Å². The predicted molar refractivity (Wildman–Crippen MR) is 70.2 cm³/mol. The third-order valence-corrected chi connectivity index (χ3v) is 2.92. The van der Waals surface area contributed by atoms with Crippen molar-refractivity contribution in [2.24, 2.45) is 0 Å². The van der Waals surface area contributed by atoms with Crippen LogP contribution in [0.4, 0.5) is 17.6 Å². The van der Waals surface area contributed by atoms with Gasteiger partial charge in [0.05, 0.1) is 11.1 Å². The maximum Gasteiger partial charge on any atom is 0.422 e. The zero-order chi connectivity index (χ0) is 15.8. The predicted octanol–water partition coefficient (Wildman–Crippen LogP) is 3.73. The second-order valence-electron chi connectivity index (χ2n) is 4.95. The first-order valence-corrected chi connectivity index (χ1v) is 6.24. The van der Waals surface area contributed by atoms with Gasteiger partial charge in [-0.05, 0) is 24.1 Å². The highest BCUT2D eigenvalue weighted by Gasteiger charge is 2.30. The van der Waals surface area contributed by atoms with Gasteiger partial charge in [0, 0.05) is 5.39 Å². The maximum atomic E-state index is 13.4. The topological polar surface area (TPSA) is 42.1 Å². The van der Waals surface area contributed by atoms with Crippen LogP contribution >= 0.6 is 0 Å². The average Bonchev–Trinajstić information content (AvgIpc) is 2.34. The van der Waals surface area contributed by atoms with E-state index in [2.05, 4.69) is 4.98 Å². The van der Waals surface area contributed by atoms with Gasteiger partial charge in [0.15, 0.2) is 6.61 Å². The lowest BCUT2D eigenvalue weighted by Crippen LogP contribution is -2.23. The number of ether oxygens (including phenoxy) is 1. The number of nitrogens with one attached hydrogen (secondary N) is 1. The second-order valence-corrected chi connectivity index (χ2v) is 4.95. The van der Waals surface area contributed by atoms with Gasteiger partial charge in [0.1, 0.15) is 11.6 Å². The SMILES string of the molecule is CC(C)c1c(OCC(F)(F)F)c2cc(F)ccc2[nH]c1=O. The average molecular weight is 303 g/mol. The quantitative estimate of drug-likeness (QED) is 0.878. The minimum atomic E-state index is -4.55. The Morgan fingerprint density at radius 2 is 1.95 bits per heavy atom. The van der Waals surface area contributed by atoms with E-state index in [1.807, 2.05) is 0 Å². The molecule has 0 atom stereocenters. The third-order valence-electron chi connectivity index (χ3n) is 2.92. The lowest BCUT2D eigenvalue weighted by Gasteiger charge is -2.17. The van der Waals surface area contributed by atoms with Gasteiger partial charge in [-0.1, -0.05) is 13.8 Å². The van der Waals surface area contributed by atoms with E-state index < -0.39 is 24.2 Å². The molecule has 0 amide bonds. The minimum Gasteiger partial charge on any atom is -0.483 e. The van der Waals surface area contributed by atoms with Crippen LogP contribution in [0.1, 0.15) is 25.3 Å². The van der Waals surface area contributed by atoms with Crippen molar-refractivity contribution >= 4 is 10.9 Å². The van der Waals surface area contributed by atoms with E-state index in [1.165, 1.54) is 6.07 Å². The molecule has 21 heavy (non-hydrogen) atoms. The fraction of sp³-hybridized carbons (Fsp3) is 0.357. The summed E-state index contributed by atoms with van der Waals surface area (Å²) in [5, 5.41) is 0.113. The molecule has 0 aliphatic heterocycles. The Hall–Kier alpha value is -2.05. The van der Waals surface area contributed by atoms with Crippen LogP contribution in [-0.4, -0.2) is 17.8 Å². The summed E-state index contributed by atoms with van der Waals surface area (Å²) in [6.45, 7) is 1.76. The first kappa shape index (κ1) is 15.3. The molecular weight excluding hydrogens is 290 g/mol. The molecule has 7 heteroatoms. The Kier molecular flexibility index (Phi) is 3.93. The van der Waals surface area contributed by atoms with E-state index in [9.17, 15) is 22.4 Å². The van der Waals surface area contributed by atoms with Crippen LogP contribution < -0.4 is 10.3 Å². The van der Waals surface area contributed by atoms with Crippen LogP contribution in [0.2, 0.25) is 0 Å². The molecule has 0 aliphatic rings. The Morgan fingerprint density at radius 3 is 2.52 bits per heavy atom. The van der Waals surface area contributed by atoms with Crippen molar-refractivity contribution in [3.05, 3.63) is 39.9 Å². The van der Waals surface area contributed by atoms with Gasteiger partial charge in [-0.15, -0.1) is 0 Å². The van der Waals surface area contributed by atoms with Crippen LogP contribution in [0.5, 0.6) is 5.75 Å². The molecule has 1 aromatic carbocycles. The molecule has 0 unspecified atom stereocenters. The van der Waals surface area contributed by atoms with E-state index in [4.69, 9.17) is 4.74 Å². The standard InChI is InChI=1S/C14H13F4NO2/c1-7(2)11-12(21-6-14(16,17)18)9-5-8(15)3-4-10(9)19-13(11)20/h3-5,7H,6H2,1-2H3,(H,19,20). The molecule has 0 saturated carbocycles. The third kappa shape index (κ3) is 3.34. The van der Waals surface area contributed by atoms with Crippen LogP contribution in [0.3, 0.4) is 0 Å². The van der Waals surface area contributed by atoms with Gasteiger partial charge in [-0.25, -0.2) is 4.39 Å². The zero-order valence-corrected chi connectivity index (χ0v) is 11.3. The zero-order valence-electron chi connectivity index (χ0n) is 11.3. The summed E-state index contributed by atoms with van der Waals surface area (Å²) in [6, 6.07) is 3.44. The smallest absolute Gasteiger partial charge is 0.422 e. The fourth-order valence-corrected chi connectivity index (χ4v) is 2.09. The van der Waals surface area contributed by atoms with Crippen LogP contribution in [0, 0.1) is 5.82 Å². The number of benzene rings is 1. The van der Waals surface area contributed by atoms with Gasteiger partial charge in [-0.2, -0.15) is 13.2 Å². The van der Waals surface area contributed by atoms with Gasteiger partial charge in [0.25, 0.3) is 5.56 Å². The normalized spacial score (nSPS) is 12.1. The van der Waals surface area contributed by atoms with Crippen LogP contribution in [0.15, 0.2) is 23.0 Å². The first-order chi connectivity index (χ1) is 9.69. The van der Waals surface area contributed by atoms with Crippen molar-refractivity contribution in [2.45, 2.75) is 25.9 Å². The van der Waals surface area contributed by atoms with Crippen LogP contribution in [-0.2, 0) is 0 Å². The summed E-state index contributed by atoms with van der Waals surface area (Å²) in [6.07, 6.45) is -4.55. The Labute approximate surface area is 117 Å². The highest BCUT2D eigenvalue weighted by molar-refractivity contribution is 5.86. The van der Waals surface area contributed by atoms with Gasteiger partial charge < -0.3 is 9.72 Å². The van der Waals surface area contributed by atoms with Crippen molar-refractivity contribution in [1.82, 2.24) is 4.98 Å².